The number of rotatable bonds is 4. The Bertz CT molecular complexity index is 314. The predicted octanol–water partition coefficient (Wildman–Crippen LogP) is 0.996. The van der Waals surface area contributed by atoms with Crippen molar-refractivity contribution in [2.24, 2.45) is 5.92 Å². The summed E-state index contributed by atoms with van der Waals surface area (Å²) < 4.78 is 0. The first kappa shape index (κ1) is 12.5. The van der Waals surface area contributed by atoms with E-state index >= 15 is 0 Å². The standard InChI is InChI=1S/C11H18N2O3S/c1-13(8-4-5-17-6-8)11(16)12-9(10(14)15)7-2-3-7/h7-9H,2-6H2,1H3,(H,12,16)(H,14,15). The van der Waals surface area contributed by atoms with Gasteiger partial charge in [0.2, 0.25) is 0 Å². The molecule has 17 heavy (non-hydrogen) atoms. The van der Waals surface area contributed by atoms with Crippen LogP contribution in [-0.2, 0) is 4.79 Å². The summed E-state index contributed by atoms with van der Waals surface area (Å²) in [6, 6.07) is -0.718. The summed E-state index contributed by atoms with van der Waals surface area (Å²) in [4.78, 5) is 24.6. The number of nitrogens with one attached hydrogen (secondary N) is 1. The topological polar surface area (TPSA) is 69.6 Å². The van der Waals surface area contributed by atoms with Crippen LogP contribution in [0.5, 0.6) is 0 Å². The second kappa shape index (κ2) is 5.16. The molecule has 5 nitrogen and oxygen atoms in total. The average Bonchev–Trinajstić information content (AvgIpc) is 2.98. The number of amides is 2. The van der Waals surface area contributed by atoms with Gasteiger partial charge in [0.05, 0.1) is 0 Å². The van der Waals surface area contributed by atoms with Crippen LogP contribution in [0, 0.1) is 5.92 Å². The molecule has 2 atom stereocenters. The Morgan fingerprint density at radius 1 is 1.41 bits per heavy atom. The second-order valence-corrected chi connectivity index (χ2v) is 5.88. The van der Waals surface area contributed by atoms with Crippen molar-refractivity contribution in [3.63, 3.8) is 0 Å². The molecule has 0 aromatic rings. The molecule has 96 valence electrons. The van der Waals surface area contributed by atoms with Crippen LogP contribution in [0.2, 0.25) is 0 Å². The lowest BCUT2D eigenvalue weighted by atomic mass is 10.2. The summed E-state index contributed by atoms with van der Waals surface area (Å²) in [7, 11) is 1.75. The Labute approximate surface area is 105 Å². The Morgan fingerprint density at radius 2 is 2.12 bits per heavy atom. The predicted molar refractivity (Wildman–Crippen MR) is 66.2 cm³/mol. The minimum Gasteiger partial charge on any atom is -0.480 e. The number of carbonyl (C=O) groups is 2. The van der Waals surface area contributed by atoms with Gasteiger partial charge in [0.15, 0.2) is 0 Å². The van der Waals surface area contributed by atoms with Gasteiger partial charge in [0.25, 0.3) is 0 Å². The van der Waals surface area contributed by atoms with Crippen LogP contribution in [-0.4, -0.2) is 52.6 Å². The van der Waals surface area contributed by atoms with Gasteiger partial charge >= 0.3 is 12.0 Å². The van der Waals surface area contributed by atoms with Crippen LogP contribution >= 0.6 is 11.8 Å². The zero-order chi connectivity index (χ0) is 12.4. The highest BCUT2D eigenvalue weighted by Crippen LogP contribution is 2.33. The number of carboxylic acids is 1. The largest absolute Gasteiger partial charge is 0.480 e. The molecule has 2 aliphatic rings. The molecule has 2 rings (SSSR count). The molecule has 0 bridgehead atoms. The second-order valence-electron chi connectivity index (χ2n) is 4.73. The fraction of sp³-hybridized carbons (Fsp3) is 0.818. The zero-order valence-electron chi connectivity index (χ0n) is 9.89. The van der Waals surface area contributed by atoms with E-state index < -0.39 is 12.0 Å². The molecule has 0 radical (unpaired) electrons. The van der Waals surface area contributed by atoms with Crippen molar-refractivity contribution >= 4 is 23.8 Å². The SMILES string of the molecule is CN(C(=O)NC(C(=O)O)C1CC1)C1CCSC1. The highest BCUT2D eigenvalue weighted by atomic mass is 32.2. The van der Waals surface area contributed by atoms with Crippen molar-refractivity contribution in [1.82, 2.24) is 10.2 Å². The number of hydrogen-bond acceptors (Lipinski definition) is 3. The molecule has 2 fully saturated rings. The number of carboxylic acid groups (broad SMARTS) is 1. The number of urea groups is 1. The average molecular weight is 258 g/mol. The molecule has 1 aliphatic carbocycles. The third kappa shape index (κ3) is 3.06. The van der Waals surface area contributed by atoms with Crippen LogP contribution in [0.25, 0.3) is 0 Å². The molecule has 0 aromatic heterocycles. The Morgan fingerprint density at radius 3 is 2.59 bits per heavy atom. The van der Waals surface area contributed by atoms with E-state index in [1.54, 1.807) is 11.9 Å². The van der Waals surface area contributed by atoms with Gasteiger partial charge in [-0.2, -0.15) is 11.8 Å². The lowest BCUT2D eigenvalue weighted by Crippen LogP contribution is -2.50. The Hall–Kier alpha value is -0.910. The van der Waals surface area contributed by atoms with Crippen molar-refractivity contribution in [3.8, 4) is 0 Å². The summed E-state index contributed by atoms with van der Waals surface area (Å²) in [6.07, 6.45) is 2.80. The van der Waals surface area contributed by atoms with Gasteiger partial charge in [-0.25, -0.2) is 9.59 Å². The van der Waals surface area contributed by atoms with Crippen molar-refractivity contribution in [3.05, 3.63) is 0 Å². The molecule has 1 saturated carbocycles. The lowest BCUT2D eigenvalue weighted by Gasteiger charge is -2.26. The fourth-order valence-corrected chi connectivity index (χ4v) is 3.31. The van der Waals surface area contributed by atoms with E-state index in [0.29, 0.717) is 0 Å². The van der Waals surface area contributed by atoms with E-state index in [2.05, 4.69) is 5.32 Å². The number of carbonyl (C=O) groups excluding carboxylic acids is 1. The highest BCUT2D eigenvalue weighted by molar-refractivity contribution is 7.99. The summed E-state index contributed by atoms with van der Waals surface area (Å²) in [5, 5.41) is 11.7. The summed E-state index contributed by atoms with van der Waals surface area (Å²) in [5.74, 6) is 1.23. The van der Waals surface area contributed by atoms with Gasteiger partial charge in [-0.3, -0.25) is 0 Å². The Kier molecular flexibility index (Phi) is 3.81. The van der Waals surface area contributed by atoms with Crippen LogP contribution < -0.4 is 5.32 Å². The molecular weight excluding hydrogens is 240 g/mol. The van der Waals surface area contributed by atoms with E-state index in [-0.39, 0.29) is 18.0 Å². The highest BCUT2D eigenvalue weighted by Gasteiger charge is 2.38. The van der Waals surface area contributed by atoms with Crippen molar-refractivity contribution in [1.29, 1.82) is 0 Å². The molecule has 2 unspecified atom stereocenters. The minimum atomic E-state index is -0.921. The number of nitrogens with zero attached hydrogens (tertiary/aromatic N) is 1. The molecule has 6 heteroatoms. The van der Waals surface area contributed by atoms with E-state index in [1.165, 1.54) is 0 Å². The molecule has 2 amide bonds. The van der Waals surface area contributed by atoms with E-state index in [9.17, 15) is 9.59 Å². The molecule has 1 aliphatic heterocycles. The lowest BCUT2D eigenvalue weighted by molar-refractivity contribution is -0.139. The summed E-state index contributed by atoms with van der Waals surface area (Å²) in [6.45, 7) is 0. The van der Waals surface area contributed by atoms with Gasteiger partial charge in [0.1, 0.15) is 6.04 Å². The third-order valence-electron chi connectivity index (χ3n) is 3.41. The molecule has 1 saturated heterocycles. The van der Waals surface area contributed by atoms with Gasteiger partial charge < -0.3 is 15.3 Å². The maximum Gasteiger partial charge on any atom is 0.326 e. The van der Waals surface area contributed by atoms with Crippen LogP contribution in [0.3, 0.4) is 0 Å². The first-order chi connectivity index (χ1) is 8.09. The first-order valence-electron chi connectivity index (χ1n) is 5.93. The summed E-state index contributed by atoms with van der Waals surface area (Å²) >= 11 is 1.83. The molecule has 1 heterocycles. The first-order valence-corrected chi connectivity index (χ1v) is 7.09. The Balaban J connectivity index is 1.87. The van der Waals surface area contributed by atoms with Gasteiger partial charge in [-0.1, -0.05) is 0 Å². The number of aliphatic carboxylic acids is 1. The maximum absolute atomic E-state index is 11.9. The van der Waals surface area contributed by atoms with E-state index in [4.69, 9.17) is 5.11 Å². The van der Waals surface area contributed by atoms with E-state index in [1.807, 2.05) is 11.8 Å². The monoisotopic (exact) mass is 258 g/mol. The van der Waals surface area contributed by atoms with Gasteiger partial charge in [-0.15, -0.1) is 0 Å². The fourth-order valence-electron chi connectivity index (χ4n) is 2.04. The molecule has 2 N–H and O–H groups in total. The van der Waals surface area contributed by atoms with Crippen molar-refractivity contribution in [2.45, 2.75) is 31.3 Å². The van der Waals surface area contributed by atoms with E-state index in [0.717, 1.165) is 30.8 Å². The van der Waals surface area contributed by atoms with Crippen LogP contribution in [0.4, 0.5) is 4.79 Å². The normalized spacial score (nSPS) is 25.4. The van der Waals surface area contributed by atoms with Crippen LogP contribution in [0.15, 0.2) is 0 Å². The molecular formula is C11H18N2O3S. The van der Waals surface area contributed by atoms with Crippen molar-refractivity contribution in [2.75, 3.05) is 18.6 Å². The quantitative estimate of drug-likeness (QED) is 0.789. The summed E-state index contributed by atoms with van der Waals surface area (Å²) in [5.41, 5.74) is 0. The maximum atomic E-state index is 11.9. The zero-order valence-corrected chi connectivity index (χ0v) is 10.7. The van der Waals surface area contributed by atoms with Crippen LogP contribution in [0.1, 0.15) is 19.3 Å². The van der Waals surface area contributed by atoms with Crippen molar-refractivity contribution < 1.29 is 14.7 Å². The minimum absolute atomic E-state index is 0.128. The van der Waals surface area contributed by atoms with Gasteiger partial charge in [-0.05, 0) is 30.9 Å². The molecule has 0 spiro atoms. The van der Waals surface area contributed by atoms with Gasteiger partial charge in [0, 0.05) is 18.8 Å². The number of hydrogen-bond donors (Lipinski definition) is 2. The smallest absolute Gasteiger partial charge is 0.326 e. The molecule has 0 aromatic carbocycles. The number of thioether (sulfide) groups is 1. The third-order valence-corrected chi connectivity index (χ3v) is 4.56.